The molecule has 1 aromatic rings. The monoisotopic (exact) mass is 290 g/mol. The molecule has 2 nitrogen and oxygen atoms in total. The third-order valence-electron chi connectivity index (χ3n) is 1.91. The van der Waals surface area contributed by atoms with Crippen LogP contribution < -0.4 is 5.32 Å². The van der Waals surface area contributed by atoms with Gasteiger partial charge in [0.05, 0.1) is 6.54 Å². The van der Waals surface area contributed by atoms with Crippen molar-refractivity contribution in [3.05, 3.63) is 35.6 Å². The van der Waals surface area contributed by atoms with Gasteiger partial charge in [-0.2, -0.15) is 0 Å². The van der Waals surface area contributed by atoms with Gasteiger partial charge in [0.15, 0.2) is 5.17 Å². The van der Waals surface area contributed by atoms with Gasteiger partial charge < -0.3 is 5.32 Å². The lowest BCUT2D eigenvalue weighted by atomic mass is 10.2. The summed E-state index contributed by atoms with van der Waals surface area (Å²) in [5, 5.41) is 4.13. The number of halogens is 2. The Hall–Kier alpha value is -0.550. The van der Waals surface area contributed by atoms with Gasteiger partial charge in [-0.25, -0.2) is 4.39 Å². The minimum Gasteiger partial charge on any atom is -0.363 e. The molecule has 0 radical (unpaired) electrons. The van der Waals surface area contributed by atoms with E-state index < -0.39 is 0 Å². The van der Waals surface area contributed by atoms with Crippen molar-refractivity contribution in [1.82, 2.24) is 5.32 Å². The molecule has 0 unspecified atom stereocenters. The SMILES string of the molecule is Br.Fc1cccc(CSC2=NCCN2)c1. The molecule has 0 spiro atoms. The number of aliphatic imine (C=N–C) groups is 1. The minimum absolute atomic E-state index is 0. The molecule has 82 valence electrons. The number of nitrogens with zero attached hydrogens (tertiary/aromatic N) is 1. The molecule has 0 saturated carbocycles. The summed E-state index contributed by atoms with van der Waals surface area (Å²) in [6, 6.07) is 6.67. The number of amidine groups is 1. The molecule has 1 aromatic carbocycles. The van der Waals surface area contributed by atoms with E-state index in [1.54, 1.807) is 23.9 Å². The molecule has 1 aliphatic rings. The van der Waals surface area contributed by atoms with Gasteiger partial charge in [0, 0.05) is 12.3 Å². The third kappa shape index (κ3) is 3.83. The summed E-state index contributed by atoms with van der Waals surface area (Å²) in [5.41, 5.74) is 0.992. The van der Waals surface area contributed by atoms with Crippen LogP contribution in [0.25, 0.3) is 0 Å². The fraction of sp³-hybridized carbons (Fsp3) is 0.300. The molecular weight excluding hydrogens is 279 g/mol. The van der Waals surface area contributed by atoms with Gasteiger partial charge in [-0.15, -0.1) is 17.0 Å². The third-order valence-corrected chi connectivity index (χ3v) is 2.93. The zero-order chi connectivity index (χ0) is 9.80. The first-order valence-electron chi connectivity index (χ1n) is 4.50. The molecule has 1 aliphatic heterocycles. The fourth-order valence-electron chi connectivity index (χ4n) is 1.25. The van der Waals surface area contributed by atoms with E-state index in [-0.39, 0.29) is 22.8 Å². The van der Waals surface area contributed by atoms with Crippen molar-refractivity contribution < 1.29 is 4.39 Å². The maximum atomic E-state index is 12.8. The standard InChI is InChI=1S/C10H11FN2S.BrH/c11-9-3-1-2-8(6-9)7-14-10-12-4-5-13-10;/h1-3,6H,4-5,7H2,(H,12,13);1H. The highest BCUT2D eigenvalue weighted by atomic mass is 79.9. The van der Waals surface area contributed by atoms with Crippen LogP contribution in [0, 0.1) is 5.82 Å². The molecule has 0 fully saturated rings. The Labute approximate surface area is 103 Å². The van der Waals surface area contributed by atoms with Crippen LogP contribution in [0.4, 0.5) is 4.39 Å². The largest absolute Gasteiger partial charge is 0.363 e. The smallest absolute Gasteiger partial charge is 0.157 e. The zero-order valence-corrected chi connectivity index (χ0v) is 10.6. The van der Waals surface area contributed by atoms with Gasteiger partial charge in [0.25, 0.3) is 0 Å². The fourth-order valence-corrected chi connectivity index (χ4v) is 2.12. The number of hydrogen-bond donors (Lipinski definition) is 1. The number of hydrogen-bond acceptors (Lipinski definition) is 3. The summed E-state index contributed by atoms with van der Waals surface area (Å²) in [4.78, 5) is 4.25. The first-order valence-corrected chi connectivity index (χ1v) is 5.49. The number of rotatable bonds is 2. The predicted octanol–water partition coefficient (Wildman–Crippen LogP) is 2.60. The molecule has 1 N–H and O–H groups in total. The normalized spacial score (nSPS) is 14.1. The predicted molar refractivity (Wildman–Crippen MR) is 68.3 cm³/mol. The molecule has 1 heterocycles. The second kappa shape index (κ2) is 6.12. The second-order valence-electron chi connectivity index (χ2n) is 3.03. The van der Waals surface area contributed by atoms with Gasteiger partial charge >= 0.3 is 0 Å². The van der Waals surface area contributed by atoms with Crippen LogP contribution >= 0.6 is 28.7 Å². The Morgan fingerprint density at radius 3 is 3.00 bits per heavy atom. The highest BCUT2D eigenvalue weighted by Gasteiger charge is 2.05. The van der Waals surface area contributed by atoms with Crippen molar-refractivity contribution in [2.75, 3.05) is 13.1 Å². The topological polar surface area (TPSA) is 24.4 Å². The van der Waals surface area contributed by atoms with Gasteiger partial charge in [-0.05, 0) is 17.7 Å². The van der Waals surface area contributed by atoms with E-state index >= 15 is 0 Å². The molecule has 0 saturated heterocycles. The first kappa shape index (κ1) is 12.5. The Morgan fingerprint density at radius 1 is 1.47 bits per heavy atom. The van der Waals surface area contributed by atoms with Crippen LogP contribution in [-0.4, -0.2) is 18.3 Å². The lowest BCUT2D eigenvalue weighted by Crippen LogP contribution is -2.14. The van der Waals surface area contributed by atoms with Crippen LogP contribution in [0.1, 0.15) is 5.56 Å². The molecule has 0 amide bonds. The molecule has 2 rings (SSSR count). The van der Waals surface area contributed by atoms with E-state index in [1.165, 1.54) is 6.07 Å². The number of nitrogens with one attached hydrogen (secondary N) is 1. The van der Waals surface area contributed by atoms with Crippen molar-refractivity contribution in [1.29, 1.82) is 0 Å². The van der Waals surface area contributed by atoms with Gasteiger partial charge in [-0.3, -0.25) is 4.99 Å². The van der Waals surface area contributed by atoms with E-state index in [2.05, 4.69) is 10.3 Å². The Balaban J connectivity index is 0.00000112. The average molecular weight is 291 g/mol. The van der Waals surface area contributed by atoms with Gasteiger partial charge in [0.2, 0.25) is 0 Å². The maximum Gasteiger partial charge on any atom is 0.157 e. The van der Waals surface area contributed by atoms with Crippen LogP contribution in [0.3, 0.4) is 0 Å². The second-order valence-corrected chi connectivity index (χ2v) is 4.00. The number of benzene rings is 1. The average Bonchev–Trinajstić information content (AvgIpc) is 2.67. The van der Waals surface area contributed by atoms with Gasteiger partial charge in [0.1, 0.15) is 5.82 Å². The Bertz CT molecular complexity index is 357. The van der Waals surface area contributed by atoms with E-state index in [0.29, 0.717) is 0 Å². The number of thioether (sulfide) groups is 1. The molecule has 5 heteroatoms. The quantitative estimate of drug-likeness (QED) is 0.905. The van der Waals surface area contributed by atoms with Crippen molar-refractivity contribution in [2.45, 2.75) is 5.75 Å². The lowest BCUT2D eigenvalue weighted by Gasteiger charge is -2.01. The Kier molecular flexibility index (Phi) is 5.11. The molecule has 0 aliphatic carbocycles. The molecule has 0 atom stereocenters. The summed E-state index contributed by atoms with van der Waals surface area (Å²) in [6.07, 6.45) is 0. The summed E-state index contributed by atoms with van der Waals surface area (Å²) in [5.74, 6) is 0.591. The lowest BCUT2D eigenvalue weighted by molar-refractivity contribution is 0.626. The van der Waals surface area contributed by atoms with E-state index in [1.807, 2.05) is 6.07 Å². The minimum atomic E-state index is -0.176. The summed E-state index contributed by atoms with van der Waals surface area (Å²) in [7, 11) is 0. The first-order chi connectivity index (χ1) is 6.84. The van der Waals surface area contributed by atoms with Crippen molar-refractivity contribution in [3.8, 4) is 0 Å². The van der Waals surface area contributed by atoms with Crippen molar-refractivity contribution in [2.24, 2.45) is 4.99 Å². The maximum absolute atomic E-state index is 12.8. The van der Waals surface area contributed by atoms with Crippen LogP contribution in [0.2, 0.25) is 0 Å². The highest BCUT2D eigenvalue weighted by molar-refractivity contribution is 8.93. The van der Waals surface area contributed by atoms with Crippen LogP contribution in [0.15, 0.2) is 29.3 Å². The van der Waals surface area contributed by atoms with Crippen LogP contribution in [0.5, 0.6) is 0 Å². The van der Waals surface area contributed by atoms with Crippen molar-refractivity contribution >= 4 is 33.9 Å². The molecule has 0 bridgehead atoms. The van der Waals surface area contributed by atoms with E-state index in [9.17, 15) is 4.39 Å². The van der Waals surface area contributed by atoms with Gasteiger partial charge in [-0.1, -0.05) is 23.9 Å². The van der Waals surface area contributed by atoms with E-state index in [0.717, 1.165) is 29.6 Å². The molecule has 15 heavy (non-hydrogen) atoms. The summed E-state index contributed by atoms with van der Waals surface area (Å²) in [6.45, 7) is 1.77. The summed E-state index contributed by atoms with van der Waals surface area (Å²) >= 11 is 1.62. The Morgan fingerprint density at radius 2 is 2.33 bits per heavy atom. The molecule has 0 aromatic heterocycles. The highest BCUT2D eigenvalue weighted by Crippen LogP contribution is 2.14. The molecular formula is C10H12BrFN2S. The van der Waals surface area contributed by atoms with Crippen molar-refractivity contribution in [3.63, 3.8) is 0 Å². The summed E-state index contributed by atoms with van der Waals surface area (Å²) < 4.78 is 12.8. The van der Waals surface area contributed by atoms with Crippen LogP contribution in [-0.2, 0) is 5.75 Å². The van der Waals surface area contributed by atoms with E-state index in [4.69, 9.17) is 0 Å². The zero-order valence-electron chi connectivity index (χ0n) is 8.07.